The number of carbonyl (C=O) groups is 1. The van der Waals surface area contributed by atoms with Gasteiger partial charge in [-0.15, -0.1) is 6.42 Å². The minimum Gasteiger partial charge on any atom is -0.492 e. The molecule has 0 bridgehead atoms. The lowest BCUT2D eigenvalue weighted by atomic mass is 10.1. The molecule has 6 nitrogen and oxygen atoms in total. The van der Waals surface area contributed by atoms with Crippen LogP contribution in [-0.2, 0) is 0 Å². The Morgan fingerprint density at radius 2 is 2.04 bits per heavy atom. The van der Waals surface area contributed by atoms with E-state index in [2.05, 4.69) is 11.2 Å². The zero-order valence-electron chi connectivity index (χ0n) is 14.2. The molecule has 142 valence electrons. The van der Waals surface area contributed by atoms with Crippen molar-refractivity contribution in [3.63, 3.8) is 0 Å². The third-order valence-corrected chi connectivity index (χ3v) is 3.64. The van der Waals surface area contributed by atoms with E-state index in [1.54, 1.807) is 0 Å². The average molecular weight is 376 g/mol. The predicted molar refractivity (Wildman–Crippen MR) is 95.7 cm³/mol. The van der Waals surface area contributed by atoms with Crippen LogP contribution in [0.15, 0.2) is 30.3 Å². The molecular formula is C19H18F2N2O4. The maximum Gasteiger partial charge on any atom is 0.254 e. The van der Waals surface area contributed by atoms with Gasteiger partial charge < -0.3 is 26.0 Å². The third kappa shape index (κ3) is 5.17. The van der Waals surface area contributed by atoms with E-state index in [0.29, 0.717) is 5.56 Å². The van der Waals surface area contributed by atoms with E-state index in [1.807, 2.05) is 0 Å². The summed E-state index contributed by atoms with van der Waals surface area (Å²) in [6.07, 6.45) is 4.24. The maximum absolute atomic E-state index is 14.1. The molecule has 0 spiro atoms. The minimum atomic E-state index is -1.02. The van der Waals surface area contributed by atoms with Crippen LogP contribution in [0, 0.1) is 24.0 Å². The van der Waals surface area contributed by atoms with Crippen molar-refractivity contribution in [2.24, 2.45) is 5.73 Å². The van der Waals surface area contributed by atoms with Crippen LogP contribution in [-0.4, -0.2) is 35.4 Å². The SMILES string of the molecule is C#Cc1ccc(Nc2cc(F)cc(OCCC(O)CO)c2C(N)=O)c(F)c1. The first-order chi connectivity index (χ1) is 12.8. The number of hydrogen-bond donors (Lipinski definition) is 4. The number of halogens is 2. The van der Waals surface area contributed by atoms with Crippen LogP contribution in [0.3, 0.4) is 0 Å². The molecule has 1 amide bonds. The van der Waals surface area contributed by atoms with Crippen molar-refractivity contribution in [1.29, 1.82) is 0 Å². The Morgan fingerprint density at radius 1 is 1.30 bits per heavy atom. The Kier molecular flexibility index (Phi) is 6.71. The number of aliphatic hydroxyl groups is 2. The van der Waals surface area contributed by atoms with Crippen molar-refractivity contribution in [2.45, 2.75) is 12.5 Å². The second kappa shape index (κ2) is 8.98. The Labute approximate surface area is 154 Å². The molecule has 0 heterocycles. The smallest absolute Gasteiger partial charge is 0.254 e. The van der Waals surface area contributed by atoms with E-state index in [4.69, 9.17) is 22.0 Å². The summed E-state index contributed by atoms with van der Waals surface area (Å²) in [5.74, 6) is -0.252. The van der Waals surface area contributed by atoms with Gasteiger partial charge in [0, 0.05) is 18.1 Å². The van der Waals surface area contributed by atoms with Gasteiger partial charge in [0.25, 0.3) is 5.91 Å². The predicted octanol–water partition coefficient (Wildman–Crippen LogP) is 1.91. The lowest BCUT2D eigenvalue weighted by molar-refractivity contribution is 0.0751. The minimum absolute atomic E-state index is 0.0382. The van der Waals surface area contributed by atoms with Crippen LogP contribution >= 0.6 is 0 Å². The highest BCUT2D eigenvalue weighted by atomic mass is 19.1. The number of ether oxygens (including phenoxy) is 1. The van der Waals surface area contributed by atoms with Gasteiger partial charge in [0.05, 0.1) is 30.7 Å². The molecule has 2 aromatic carbocycles. The number of nitrogens with two attached hydrogens (primary N) is 1. The van der Waals surface area contributed by atoms with Gasteiger partial charge in [-0.25, -0.2) is 8.78 Å². The number of amides is 1. The van der Waals surface area contributed by atoms with Gasteiger partial charge in [0.2, 0.25) is 0 Å². The molecule has 0 aromatic heterocycles. The Bertz CT molecular complexity index is 881. The van der Waals surface area contributed by atoms with Crippen molar-refractivity contribution >= 4 is 17.3 Å². The van der Waals surface area contributed by atoms with Gasteiger partial charge >= 0.3 is 0 Å². The summed E-state index contributed by atoms with van der Waals surface area (Å²) in [7, 11) is 0. The summed E-state index contributed by atoms with van der Waals surface area (Å²) in [6.45, 7) is -0.564. The first-order valence-corrected chi connectivity index (χ1v) is 7.94. The number of aliphatic hydroxyl groups excluding tert-OH is 2. The van der Waals surface area contributed by atoms with E-state index in [9.17, 15) is 18.7 Å². The van der Waals surface area contributed by atoms with Crippen molar-refractivity contribution in [1.82, 2.24) is 0 Å². The van der Waals surface area contributed by atoms with E-state index in [0.717, 1.165) is 18.2 Å². The maximum atomic E-state index is 14.1. The summed E-state index contributed by atoms with van der Waals surface area (Å²) in [5, 5.41) is 20.7. The van der Waals surface area contributed by atoms with Crippen LogP contribution in [0.5, 0.6) is 5.75 Å². The summed E-state index contributed by atoms with van der Waals surface area (Å²) >= 11 is 0. The van der Waals surface area contributed by atoms with Crippen molar-refractivity contribution in [3.05, 3.63) is 53.1 Å². The quantitative estimate of drug-likeness (QED) is 0.527. The van der Waals surface area contributed by atoms with Gasteiger partial charge in [-0.3, -0.25) is 4.79 Å². The lowest BCUT2D eigenvalue weighted by Gasteiger charge is -2.16. The summed E-state index contributed by atoms with van der Waals surface area (Å²) < 4.78 is 33.4. The van der Waals surface area contributed by atoms with Crippen molar-refractivity contribution < 1.29 is 28.5 Å². The molecule has 0 saturated carbocycles. The van der Waals surface area contributed by atoms with Crippen LogP contribution in [0.25, 0.3) is 0 Å². The highest BCUT2D eigenvalue weighted by Gasteiger charge is 2.19. The van der Waals surface area contributed by atoms with Crippen LogP contribution in [0.1, 0.15) is 22.3 Å². The number of rotatable bonds is 8. The monoisotopic (exact) mass is 376 g/mol. The number of primary amides is 1. The molecule has 2 rings (SSSR count). The summed E-state index contributed by atoms with van der Waals surface area (Å²) in [6, 6.07) is 5.86. The second-order valence-electron chi connectivity index (χ2n) is 5.63. The normalized spacial score (nSPS) is 11.5. The fourth-order valence-corrected chi connectivity index (χ4v) is 2.30. The first-order valence-electron chi connectivity index (χ1n) is 7.94. The highest BCUT2D eigenvalue weighted by Crippen LogP contribution is 2.31. The molecule has 2 aromatic rings. The van der Waals surface area contributed by atoms with E-state index >= 15 is 0 Å². The molecule has 8 heteroatoms. The number of carbonyl (C=O) groups excluding carboxylic acids is 1. The van der Waals surface area contributed by atoms with Gasteiger partial charge in [-0.05, 0) is 24.3 Å². The first kappa shape index (κ1) is 20.2. The average Bonchev–Trinajstić information content (AvgIpc) is 2.62. The fraction of sp³-hybridized carbons (Fsp3) is 0.211. The Balaban J connectivity index is 2.35. The fourth-order valence-electron chi connectivity index (χ4n) is 2.30. The molecule has 1 unspecified atom stereocenters. The zero-order chi connectivity index (χ0) is 20.0. The number of nitrogens with one attached hydrogen (secondary N) is 1. The third-order valence-electron chi connectivity index (χ3n) is 3.64. The summed E-state index contributed by atoms with van der Waals surface area (Å²) in [5.41, 5.74) is 5.37. The molecule has 27 heavy (non-hydrogen) atoms. The van der Waals surface area contributed by atoms with Crippen LogP contribution in [0.2, 0.25) is 0 Å². The van der Waals surface area contributed by atoms with Crippen LogP contribution < -0.4 is 15.8 Å². The molecule has 5 N–H and O–H groups in total. The standard InChI is InChI=1S/C19H18F2N2O4/c1-2-11-3-4-15(14(21)7-11)23-16-8-12(20)9-17(18(16)19(22)26)27-6-5-13(25)10-24/h1,3-4,7-9,13,23-25H,5-6,10H2,(H2,22,26). The van der Waals surface area contributed by atoms with Gasteiger partial charge in [-0.2, -0.15) is 0 Å². The number of benzene rings is 2. The molecule has 0 saturated heterocycles. The number of terminal acetylenes is 1. The van der Waals surface area contributed by atoms with Crippen molar-refractivity contribution in [3.8, 4) is 18.1 Å². The molecular weight excluding hydrogens is 358 g/mol. The van der Waals surface area contributed by atoms with Crippen LogP contribution in [0.4, 0.5) is 20.2 Å². The van der Waals surface area contributed by atoms with Gasteiger partial charge in [-0.1, -0.05) is 5.92 Å². The van der Waals surface area contributed by atoms with Gasteiger partial charge in [0.1, 0.15) is 22.9 Å². The Hall–Kier alpha value is -3.15. The number of hydrogen-bond acceptors (Lipinski definition) is 5. The molecule has 0 aliphatic rings. The lowest BCUT2D eigenvalue weighted by Crippen LogP contribution is -2.19. The second-order valence-corrected chi connectivity index (χ2v) is 5.63. The van der Waals surface area contributed by atoms with Crippen molar-refractivity contribution in [2.75, 3.05) is 18.5 Å². The zero-order valence-corrected chi connectivity index (χ0v) is 14.2. The Morgan fingerprint density at radius 3 is 2.63 bits per heavy atom. The molecule has 1 atom stereocenters. The van der Waals surface area contributed by atoms with E-state index < -0.39 is 30.3 Å². The largest absolute Gasteiger partial charge is 0.492 e. The molecule has 0 aliphatic carbocycles. The van der Waals surface area contributed by atoms with E-state index in [1.165, 1.54) is 12.1 Å². The van der Waals surface area contributed by atoms with Gasteiger partial charge in [0.15, 0.2) is 0 Å². The topological polar surface area (TPSA) is 105 Å². The molecule has 0 fully saturated rings. The van der Waals surface area contributed by atoms with E-state index in [-0.39, 0.29) is 35.7 Å². The molecule has 0 aliphatic heterocycles. The summed E-state index contributed by atoms with van der Waals surface area (Å²) in [4.78, 5) is 11.9. The number of anilines is 2. The molecule has 0 radical (unpaired) electrons. The highest BCUT2D eigenvalue weighted by molar-refractivity contribution is 6.02.